The molecule has 0 aromatic heterocycles. The average molecular weight is 631 g/mol. The molecule has 41 heavy (non-hydrogen) atoms. The number of hydrogen-bond acceptors (Lipinski definition) is 5. The zero-order chi connectivity index (χ0) is 29.6. The van der Waals surface area contributed by atoms with Crippen LogP contribution < -0.4 is 0 Å². The van der Waals surface area contributed by atoms with Gasteiger partial charge in [-0.2, -0.15) is 0 Å². The number of likely N-dealkylation sites (tertiary alicyclic amines) is 1. The Bertz CT molecular complexity index is 1100. The number of hydrogen-bond donors (Lipinski definition) is 1. The molecule has 4 rings (SSSR count). The van der Waals surface area contributed by atoms with Crippen molar-refractivity contribution in [3.05, 3.63) is 61.2 Å². The summed E-state index contributed by atoms with van der Waals surface area (Å²) in [4.78, 5) is 47.9. The second kappa shape index (κ2) is 14.1. The minimum Gasteiger partial charge on any atom is -0.396 e. The summed E-state index contributed by atoms with van der Waals surface area (Å²) in [5.74, 6) is -1.97. The van der Waals surface area contributed by atoms with Crippen LogP contribution in [0.3, 0.4) is 0 Å². The van der Waals surface area contributed by atoms with Crippen molar-refractivity contribution in [2.24, 2.45) is 11.8 Å². The van der Waals surface area contributed by atoms with Crippen molar-refractivity contribution in [2.75, 3.05) is 32.8 Å². The van der Waals surface area contributed by atoms with Crippen LogP contribution in [-0.4, -0.2) is 92.9 Å². The summed E-state index contributed by atoms with van der Waals surface area (Å²) in [5.41, 5.74) is -0.107. The van der Waals surface area contributed by atoms with Gasteiger partial charge in [0, 0.05) is 44.2 Å². The first-order valence-electron chi connectivity index (χ1n) is 14.9. The Morgan fingerprint density at radius 3 is 2.46 bits per heavy atom. The molecular formula is C32H44BrN3O5. The average Bonchev–Trinajstić information content (AvgIpc) is 3.56. The lowest BCUT2D eigenvalue weighted by molar-refractivity contribution is -0.148. The molecule has 3 aliphatic heterocycles. The molecule has 0 saturated carbocycles. The Labute approximate surface area is 252 Å². The highest BCUT2D eigenvalue weighted by atomic mass is 79.9. The number of alkyl halides is 1. The number of benzene rings is 1. The lowest BCUT2D eigenvalue weighted by atomic mass is 9.70. The number of halogens is 1. The first kappa shape index (κ1) is 31.4. The number of carbonyl (C=O) groups is 3. The van der Waals surface area contributed by atoms with Gasteiger partial charge in [0.05, 0.1) is 17.9 Å². The first-order valence-corrected chi connectivity index (χ1v) is 15.8. The van der Waals surface area contributed by atoms with Crippen LogP contribution >= 0.6 is 15.9 Å². The molecule has 3 unspecified atom stereocenters. The van der Waals surface area contributed by atoms with E-state index in [9.17, 15) is 19.5 Å². The van der Waals surface area contributed by atoms with E-state index in [0.717, 1.165) is 24.8 Å². The molecule has 9 heteroatoms. The molecule has 1 aromatic carbocycles. The minimum absolute atomic E-state index is 0.00792. The molecule has 1 N–H and O–H groups in total. The van der Waals surface area contributed by atoms with Gasteiger partial charge in [0.1, 0.15) is 11.6 Å². The molecule has 3 aliphatic rings. The van der Waals surface area contributed by atoms with Gasteiger partial charge in [-0.25, -0.2) is 0 Å². The number of aliphatic hydroxyl groups excluding tert-OH is 1. The van der Waals surface area contributed by atoms with E-state index in [2.05, 4.69) is 36.0 Å². The third kappa shape index (κ3) is 6.18. The van der Waals surface area contributed by atoms with E-state index in [1.165, 1.54) is 0 Å². The van der Waals surface area contributed by atoms with Gasteiger partial charge in [-0.3, -0.25) is 14.4 Å². The van der Waals surface area contributed by atoms with Gasteiger partial charge in [-0.1, -0.05) is 78.2 Å². The molecule has 8 nitrogen and oxygen atoms in total. The Morgan fingerprint density at radius 2 is 1.80 bits per heavy atom. The van der Waals surface area contributed by atoms with Crippen LogP contribution in [0.4, 0.5) is 0 Å². The fourth-order valence-electron chi connectivity index (χ4n) is 6.90. The van der Waals surface area contributed by atoms with E-state index in [1.54, 1.807) is 26.9 Å². The van der Waals surface area contributed by atoms with Crippen molar-refractivity contribution < 1.29 is 24.2 Å². The number of carbonyl (C=O) groups excluding carboxylic acids is 3. The fraction of sp³-hybridized carbons (Fsp3) is 0.594. The van der Waals surface area contributed by atoms with Gasteiger partial charge in [-0.15, -0.1) is 13.2 Å². The summed E-state index contributed by atoms with van der Waals surface area (Å²) in [6.07, 6.45) is 7.34. The predicted molar refractivity (Wildman–Crippen MR) is 162 cm³/mol. The van der Waals surface area contributed by atoms with Gasteiger partial charge < -0.3 is 24.5 Å². The molecule has 224 valence electrons. The van der Waals surface area contributed by atoms with Crippen molar-refractivity contribution in [3.63, 3.8) is 0 Å². The van der Waals surface area contributed by atoms with Crippen LogP contribution in [0.1, 0.15) is 51.0 Å². The van der Waals surface area contributed by atoms with Crippen molar-refractivity contribution >= 4 is 33.7 Å². The van der Waals surface area contributed by atoms with E-state index in [0.29, 0.717) is 52.0 Å². The maximum atomic E-state index is 14.3. The van der Waals surface area contributed by atoms with E-state index in [4.69, 9.17) is 4.74 Å². The maximum absolute atomic E-state index is 14.3. The van der Waals surface area contributed by atoms with Crippen LogP contribution in [-0.2, 0) is 25.7 Å². The van der Waals surface area contributed by atoms with E-state index < -0.39 is 29.6 Å². The quantitative estimate of drug-likeness (QED) is 0.170. The van der Waals surface area contributed by atoms with Gasteiger partial charge in [0.25, 0.3) is 0 Å². The molecule has 0 radical (unpaired) electrons. The summed E-state index contributed by atoms with van der Waals surface area (Å²) in [6, 6.07) is 8.93. The van der Waals surface area contributed by atoms with Crippen molar-refractivity contribution in [1.29, 1.82) is 0 Å². The molecule has 6 atom stereocenters. The fourth-order valence-corrected chi connectivity index (χ4v) is 7.84. The highest BCUT2D eigenvalue weighted by Gasteiger charge is 2.76. The third-order valence-electron chi connectivity index (χ3n) is 8.69. The molecular weight excluding hydrogens is 586 g/mol. The smallest absolute Gasteiger partial charge is 0.248 e. The second-order valence-electron chi connectivity index (χ2n) is 11.4. The number of rotatable bonds is 16. The number of nitrogens with zero attached hydrogens (tertiary/aromatic N) is 3. The molecule has 2 bridgehead atoms. The van der Waals surface area contributed by atoms with E-state index in [1.807, 2.05) is 30.3 Å². The molecule has 3 amide bonds. The lowest BCUT2D eigenvalue weighted by Gasteiger charge is -2.37. The first-order chi connectivity index (χ1) is 19.8. The van der Waals surface area contributed by atoms with Gasteiger partial charge in [-0.05, 0) is 31.2 Å². The summed E-state index contributed by atoms with van der Waals surface area (Å²) in [6.45, 7) is 11.9. The van der Waals surface area contributed by atoms with E-state index in [-0.39, 0.29) is 29.2 Å². The Morgan fingerprint density at radius 1 is 1.10 bits per heavy atom. The predicted octanol–water partition coefficient (Wildman–Crippen LogP) is 3.93. The molecule has 3 heterocycles. The number of ether oxygens (including phenoxy) is 1. The van der Waals surface area contributed by atoms with Crippen LogP contribution in [0.2, 0.25) is 0 Å². The standard InChI is InChI=1S/C32H44BrN3O5/c1-4-7-11-18-34(16-5-2)31(40)28-32-21-24(33)27(41-32)25(26(32)30(39)36(28)19-12-13-20-37)29(38)35(17-6-3)22-23-14-9-8-10-15-23/h5-6,8-10,14-15,24-28,37H,2-4,7,11-13,16-22H2,1H3/t24?,25-,26+,27-,28?,32?/m1/s1. The SMILES string of the molecule is C=CCN(CCCCC)C(=O)C1N(CCCCO)C(=O)[C@@H]2[C@@H](C(=O)N(CC=C)Cc3ccccc3)[C@@H]3OC12CC3Br. The number of amides is 3. The van der Waals surface area contributed by atoms with Crippen LogP contribution in [0, 0.1) is 11.8 Å². The Kier molecular flexibility index (Phi) is 10.8. The van der Waals surface area contributed by atoms with Crippen molar-refractivity contribution in [2.45, 2.75) is 74.6 Å². The van der Waals surface area contributed by atoms with Gasteiger partial charge in [0.15, 0.2) is 0 Å². The third-order valence-corrected chi connectivity index (χ3v) is 9.53. The van der Waals surface area contributed by atoms with E-state index >= 15 is 0 Å². The zero-order valence-electron chi connectivity index (χ0n) is 24.1. The highest BCUT2D eigenvalue weighted by molar-refractivity contribution is 9.09. The summed E-state index contributed by atoms with van der Waals surface area (Å²) in [7, 11) is 0. The topological polar surface area (TPSA) is 90.4 Å². The maximum Gasteiger partial charge on any atom is 0.248 e. The van der Waals surface area contributed by atoms with Gasteiger partial charge >= 0.3 is 0 Å². The molecule has 0 aliphatic carbocycles. The van der Waals surface area contributed by atoms with Gasteiger partial charge in [0.2, 0.25) is 17.7 Å². The zero-order valence-corrected chi connectivity index (χ0v) is 25.7. The highest BCUT2D eigenvalue weighted by Crippen LogP contribution is 2.60. The number of unbranched alkanes of at least 4 members (excludes halogenated alkanes) is 3. The lowest BCUT2D eigenvalue weighted by Crippen LogP contribution is -2.57. The second-order valence-corrected chi connectivity index (χ2v) is 12.6. The van der Waals surface area contributed by atoms with Crippen molar-refractivity contribution in [3.8, 4) is 0 Å². The number of aliphatic hydroxyl groups is 1. The minimum atomic E-state index is -1.09. The summed E-state index contributed by atoms with van der Waals surface area (Å²) < 4.78 is 6.70. The number of fused-ring (bicyclic) bond motifs is 1. The largest absolute Gasteiger partial charge is 0.396 e. The van der Waals surface area contributed by atoms with Crippen molar-refractivity contribution in [1.82, 2.24) is 14.7 Å². The Balaban J connectivity index is 1.70. The summed E-state index contributed by atoms with van der Waals surface area (Å²) >= 11 is 3.77. The Hall–Kier alpha value is -2.49. The molecule has 3 fully saturated rings. The van der Waals surface area contributed by atoms with Crippen LogP contribution in [0.5, 0.6) is 0 Å². The summed E-state index contributed by atoms with van der Waals surface area (Å²) in [5, 5.41) is 9.43. The molecule has 1 spiro atoms. The van der Waals surface area contributed by atoms with Crippen LogP contribution in [0.15, 0.2) is 55.6 Å². The normalized spacial score (nSPS) is 28.0. The monoisotopic (exact) mass is 629 g/mol. The molecule has 3 saturated heterocycles. The molecule has 1 aromatic rings. The van der Waals surface area contributed by atoms with Crippen LogP contribution in [0.25, 0.3) is 0 Å².